The number of nitrogens with zero attached hydrogens (tertiary/aromatic N) is 4. The maximum Gasteiger partial charge on any atom is 0.254 e. The Morgan fingerprint density at radius 1 is 1.28 bits per heavy atom. The van der Waals surface area contributed by atoms with Crippen LogP contribution in [0.15, 0.2) is 29.0 Å². The van der Waals surface area contributed by atoms with Crippen molar-refractivity contribution in [2.75, 3.05) is 19.8 Å². The second-order valence-corrected chi connectivity index (χ2v) is 6.71. The van der Waals surface area contributed by atoms with Crippen molar-refractivity contribution in [1.29, 1.82) is 0 Å². The van der Waals surface area contributed by atoms with E-state index in [1.807, 2.05) is 4.90 Å². The lowest BCUT2D eigenvalue weighted by atomic mass is 10.2. The SMILES string of the molecule is O=C(c1ccncc1)N1CCCC1c1nc(CCOCC2CC2)no1. The van der Waals surface area contributed by atoms with Gasteiger partial charge in [0, 0.05) is 37.5 Å². The van der Waals surface area contributed by atoms with Crippen molar-refractivity contribution in [3.8, 4) is 0 Å². The van der Waals surface area contributed by atoms with Crippen LogP contribution in [-0.2, 0) is 11.2 Å². The molecule has 3 heterocycles. The van der Waals surface area contributed by atoms with E-state index in [1.165, 1.54) is 12.8 Å². The lowest BCUT2D eigenvalue weighted by Gasteiger charge is -2.21. The largest absolute Gasteiger partial charge is 0.381 e. The number of ether oxygens (including phenoxy) is 1. The van der Waals surface area contributed by atoms with Gasteiger partial charge in [-0.1, -0.05) is 5.16 Å². The lowest BCUT2D eigenvalue weighted by molar-refractivity contribution is 0.0710. The first-order chi connectivity index (χ1) is 12.3. The Kier molecular flexibility index (Phi) is 4.74. The highest BCUT2D eigenvalue weighted by Crippen LogP contribution is 2.32. The summed E-state index contributed by atoms with van der Waals surface area (Å²) in [5.74, 6) is 1.91. The van der Waals surface area contributed by atoms with Gasteiger partial charge < -0.3 is 14.2 Å². The Morgan fingerprint density at radius 3 is 2.92 bits per heavy atom. The number of aromatic nitrogens is 3. The molecule has 0 aromatic carbocycles. The van der Waals surface area contributed by atoms with Gasteiger partial charge in [-0.3, -0.25) is 9.78 Å². The van der Waals surface area contributed by atoms with Crippen molar-refractivity contribution in [1.82, 2.24) is 20.0 Å². The van der Waals surface area contributed by atoms with Crippen molar-refractivity contribution in [3.05, 3.63) is 41.8 Å². The monoisotopic (exact) mass is 342 g/mol. The quantitative estimate of drug-likeness (QED) is 0.719. The minimum Gasteiger partial charge on any atom is -0.381 e. The van der Waals surface area contributed by atoms with E-state index in [1.54, 1.807) is 24.5 Å². The summed E-state index contributed by atoms with van der Waals surface area (Å²) in [6.45, 7) is 2.15. The fourth-order valence-corrected chi connectivity index (χ4v) is 3.13. The van der Waals surface area contributed by atoms with E-state index in [9.17, 15) is 4.79 Å². The predicted molar refractivity (Wildman–Crippen MR) is 88.8 cm³/mol. The minimum absolute atomic E-state index is 0.0163. The number of hydrogen-bond acceptors (Lipinski definition) is 6. The van der Waals surface area contributed by atoms with Crippen LogP contribution < -0.4 is 0 Å². The third kappa shape index (κ3) is 3.87. The van der Waals surface area contributed by atoms with Crippen LogP contribution in [-0.4, -0.2) is 45.7 Å². The average molecular weight is 342 g/mol. The Bertz CT molecular complexity index is 714. The second-order valence-electron chi connectivity index (χ2n) is 6.71. The van der Waals surface area contributed by atoms with Gasteiger partial charge in [0.15, 0.2) is 5.82 Å². The van der Waals surface area contributed by atoms with E-state index in [4.69, 9.17) is 9.26 Å². The Balaban J connectivity index is 1.37. The van der Waals surface area contributed by atoms with Gasteiger partial charge in [0.05, 0.1) is 6.61 Å². The van der Waals surface area contributed by atoms with Gasteiger partial charge in [-0.2, -0.15) is 4.98 Å². The summed E-state index contributed by atoms with van der Waals surface area (Å²) in [5.41, 5.74) is 0.634. The summed E-state index contributed by atoms with van der Waals surface area (Å²) in [6, 6.07) is 3.32. The Morgan fingerprint density at radius 2 is 2.12 bits per heavy atom. The first kappa shape index (κ1) is 16.2. The molecule has 0 N–H and O–H groups in total. The molecule has 132 valence electrons. The van der Waals surface area contributed by atoms with Gasteiger partial charge in [0.2, 0.25) is 5.89 Å². The molecule has 2 aliphatic rings. The molecule has 7 nitrogen and oxygen atoms in total. The number of rotatable bonds is 7. The summed E-state index contributed by atoms with van der Waals surface area (Å²) >= 11 is 0. The summed E-state index contributed by atoms with van der Waals surface area (Å²) in [4.78, 5) is 23.0. The molecule has 0 radical (unpaired) electrons. The van der Waals surface area contributed by atoms with Crippen LogP contribution in [0.4, 0.5) is 0 Å². The normalized spacial score (nSPS) is 20.2. The van der Waals surface area contributed by atoms with Crippen LogP contribution in [0.3, 0.4) is 0 Å². The standard InChI is InChI=1S/C18H22N4O3/c23-18(14-5-8-19-9-6-14)22-10-1-2-15(22)17-20-16(21-25-17)7-11-24-12-13-3-4-13/h5-6,8-9,13,15H,1-4,7,10-12H2. The third-order valence-electron chi connectivity index (χ3n) is 4.73. The van der Waals surface area contributed by atoms with Crippen molar-refractivity contribution < 1.29 is 14.1 Å². The molecule has 1 aliphatic heterocycles. The smallest absolute Gasteiger partial charge is 0.254 e. The number of carbonyl (C=O) groups is 1. The fourth-order valence-electron chi connectivity index (χ4n) is 3.13. The van der Waals surface area contributed by atoms with Crippen molar-refractivity contribution in [2.24, 2.45) is 5.92 Å². The molecule has 2 fully saturated rings. The van der Waals surface area contributed by atoms with Crippen LogP contribution in [0.1, 0.15) is 53.8 Å². The highest BCUT2D eigenvalue weighted by molar-refractivity contribution is 5.94. The molecular weight excluding hydrogens is 320 g/mol. The summed E-state index contributed by atoms with van der Waals surface area (Å²) in [7, 11) is 0. The third-order valence-corrected chi connectivity index (χ3v) is 4.73. The van der Waals surface area contributed by atoms with Crippen molar-refractivity contribution in [2.45, 2.75) is 38.1 Å². The maximum absolute atomic E-state index is 12.7. The van der Waals surface area contributed by atoms with Crippen LogP contribution in [0.25, 0.3) is 0 Å². The summed E-state index contributed by atoms with van der Waals surface area (Å²) < 4.78 is 11.1. The number of likely N-dealkylation sites (tertiary alicyclic amines) is 1. The molecule has 1 saturated heterocycles. The molecule has 2 aromatic rings. The van der Waals surface area contributed by atoms with E-state index in [2.05, 4.69) is 15.1 Å². The van der Waals surface area contributed by atoms with E-state index < -0.39 is 0 Å². The molecule has 7 heteroatoms. The fraction of sp³-hybridized carbons (Fsp3) is 0.556. The van der Waals surface area contributed by atoms with Gasteiger partial charge in [0.1, 0.15) is 6.04 Å². The molecule has 1 atom stereocenters. The van der Waals surface area contributed by atoms with Crippen LogP contribution in [0, 0.1) is 5.92 Å². The molecule has 1 unspecified atom stereocenters. The van der Waals surface area contributed by atoms with Crippen LogP contribution >= 0.6 is 0 Å². The molecule has 0 bridgehead atoms. The first-order valence-corrected chi connectivity index (χ1v) is 8.92. The van der Waals surface area contributed by atoms with Gasteiger partial charge >= 0.3 is 0 Å². The molecule has 0 spiro atoms. The number of pyridine rings is 1. The van der Waals surface area contributed by atoms with Gasteiger partial charge in [0.25, 0.3) is 5.91 Å². The Hall–Kier alpha value is -2.28. The topological polar surface area (TPSA) is 81.4 Å². The molecule has 1 aliphatic carbocycles. The molecular formula is C18H22N4O3. The van der Waals surface area contributed by atoms with Crippen molar-refractivity contribution in [3.63, 3.8) is 0 Å². The van der Waals surface area contributed by atoms with E-state index in [-0.39, 0.29) is 11.9 Å². The van der Waals surface area contributed by atoms with Gasteiger partial charge in [-0.05, 0) is 43.7 Å². The maximum atomic E-state index is 12.7. The van der Waals surface area contributed by atoms with Crippen LogP contribution in [0.2, 0.25) is 0 Å². The zero-order valence-corrected chi connectivity index (χ0v) is 14.1. The van der Waals surface area contributed by atoms with Gasteiger partial charge in [-0.15, -0.1) is 0 Å². The molecule has 4 rings (SSSR count). The molecule has 1 amide bonds. The number of hydrogen-bond donors (Lipinski definition) is 0. The van der Waals surface area contributed by atoms with E-state index in [0.29, 0.717) is 36.9 Å². The summed E-state index contributed by atoms with van der Waals surface area (Å²) in [5, 5.41) is 4.05. The van der Waals surface area contributed by atoms with Gasteiger partial charge in [-0.25, -0.2) is 0 Å². The summed E-state index contributed by atoms with van der Waals surface area (Å²) in [6.07, 6.45) is 8.25. The molecule has 2 aromatic heterocycles. The molecule has 25 heavy (non-hydrogen) atoms. The predicted octanol–water partition coefficient (Wildman–Crippen LogP) is 2.41. The average Bonchev–Trinajstić information content (AvgIpc) is 3.15. The first-order valence-electron chi connectivity index (χ1n) is 8.92. The van der Waals surface area contributed by atoms with Crippen LogP contribution in [0.5, 0.6) is 0 Å². The van der Waals surface area contributed by atoms with E-state index in [0.717, 1.165) is 25.4 Å². The highest BCUT2D eigenvalue weighted by atomic mass is 16.5. The number of amides is 1. The number of carbonyl (C=O) groups excluding carboxylic acids is 1. The zero-order chi connectivity index (χ0) is 17.1. The zero-order valence-electron chi connectivity index (χ0n) is 14.1. The lowest BCUT2D eigenvalue weighted by Crippen LogP contribution is -2.30. The van der Waals surface area contributed by atoms with Crippen molar-refractivity contribution >= 4 is 5.91 Å². The molecule has 1 saturated carbocycles. The highest BCUT2D eigenvalue weighted by Gasteiger charge is 2.34. The van der Waals surface area contributed by atoms with E-state index >= 15 is 0 Å². The second kappa shape index (κ2) is 7.31. The Labute approximate surface area is 146 Å². The minimum atomic E-state index is -0.144.